The van der Waals surface area contributed by atoms with Crippen LogP contribution in [0.5, 0.6) is 0 Å². The number of ether oxygens (including phenoxy) is 1. The summed E-state index contributed by atoms with van der Waals surface area (Å²) < 4.78 is 5.62. The van der Waals surface area contributed by atoms with Crippen molar-refractivity contribution >= 4 is 23.9 Å². The van der Waals surface area contributed by atoms with Gasteiger partial charge in [-0.15, -0.1) is 6.58 Å². The van der Waals surface area contributed by atoms with E-state index in [1.54, 1.807) is 53.8 Å². The molecule has 0 aromatic heterocycles. The Morgan fingerprint density at radius 3 is 1.90 bits per heavy atom. The fourth-order valence-corrected chi connectivity index (χ4v) is 4.79. The van der Waals surface area contributed by atoms with E-state index in [0.717, 1.165) is 5.56 Å². The summed E-state index contributed by atoms with van der Waals surface area (Å²) in [6, 6.07) is 6.68. The molecule has 0 radical (unpaired) electrons. The molecule has 0 aliphatic carbocycles. The monoisotopic (exact) mass is 585 g/mol. The number of nitrogens with zero attached hydrogens (tertiary/aromatic N) is 2. The van der Waals surface area contributed by atoms with Gasteiger partial charge in [0.25, 0.3) is 0 Å². The number of carbonyl (C=O) groups is 4. The van der Waals surface area contributed by atoms with E-state index in [1.165, 1.54) is 23.8 Å². The third-order valence-corrected chi connectivity index (χ3v) is 7.56. The highest BCUT2D eigenvalue weighted by Gasteiger charge is 2.46. The zero-order valence-electron chi connectivity index (χ0n) is 27.4. The average molecular weight is 586 g/mol. The maximum Gasteiger partial charge on any atom is 0.410 e. The highest BCUT2D eigenvalue weighted by atomic mass is 16.6. The van der Waals surface area contributed by atoms with E-state index in [0.29, 0.717) is 0 Å². The number of hydrogen-bond donors (Lipinski definition) is 2. The lowest BCUT2D eigenvalue weighted by atomic mass is 9.76. The van der Waals surface area contributed by atoms with Crippen LogP contribution in [0.2, 0.25) is 0 Å². The molecule has 0 aliphatic rings. The number of carboxylic acid groups (broad SMARTS) is 1. The number of rotatable bonds is 12. The molecule has 0 fully saturated rings. The highest BCUT2D eigenvalue weighted by molar-refractivity contribution is 5.93. The summed E-state index contributed by atoms with van der Waals surface area (Å²) >= 11 is 0. The van der Waals surface area contributed by atoms with Crippen LogP contribution >= 0.6 is 0 Å². The molecule has 1 aromatic carbocycles. The molecule has 0 aliphatic heterocycles. The van der Waals surface area contributed by atoms with E-state index >= 15 is 0 Å². The van der Waals surface area contributed by atoms with Crippen LogP contribution in [0.15, 0.2) is 54.6 Å². The van der Waals surface area contributed by atoms with Crippen molar-refractivity contribution in [2.75, 3.05) is 14.1 Å². The third kappa shape index (κ3) is 9.19. The van der Waals surface area contributed by atoms with E-state index in [2.05, 4.69) is 11.9 Å². The highest BCUT2D eigenvalue weighted by Crippen LogP contribution is 2.32. The van der Waals surface area contributed by atoms with Gasteiger partial charge in [-0.1, -0.05) is 84.0 Å². The van der Waals surface area contributed by atoms with Crippen LogP contribution in [-0.2, 0) is 24.5 Å². The van der Waals surface area contributed by atoms with Gasteiger partial charge >= 0.3 is 12.1 Å². The second kappa shape index (κ2) is 14.0. The molecule has 0 bridgehead atoms. The van der Waals surface area contributed by atoms with Crippen LogP contribution in [-0.4, -0.2) is 76.6 Å². The van der Waals surface area contributed by atoms with Crippen molar-refractivity contribution < 1.29 is 29.0 Å². The number of benzene rings is 1. The number of aliphatic carboxylic acids is 1. The molecule has 2 N–H and O–H groups in total. The third-order valence-electron chi connectivity index (χ3n) is 7.56. The number of carbonyl (C=O) groups excluding carboxylic acids is 3. The summed E-state index contributed by atoms with van der Waals surface area (Å²) in [7, 11) is 3.11. The van der Waals surface area contributed by atoms with E-state index in [-0.39, 0.29) is 11.5 Å². The Morgan fingerprint density at radius 2 is 1.48 bits per heavy atom. The molecule has 3 amide bonds. The van der Waals surface area contributed by atoms with Crippen molar-refractivity contribution in [3.63, 3.8) is 0 Å². The zero-order chi connectivity index (χ0) is 32.8. The Bertz CT molecular complexity index is 1160. The molecule has 0 unspecified atom stereocenters. The van der Waals surface area contributed by atoms with Crippen LogP contribution in [0.25, 0.3) is 0 Å². The van der Waals surface area contributed by atoms with Crippen molar-refractivity contribution in [2.24, 2.45) is 11.3 Å². The van der Waals surface area contributed by atoms with Gasteiger partial charge in [-0.05, 0) is 39.2 Å². The van der Waals surface area contributed by atoms with Gasteiger partial charge in [0.15, 0.2) is 0 Å². The Kier molecular flexibility index (Phi) is 12.2. The van der Waals surface area contributed by atoms with Gasteiger partial charge in [-0.25, -0.2) is 9.59 Å². The van der Waals surface area contributed by atoms with E-state index < -0.39 is 58.4 Å². The summed E-state index contributed by atoms with van der Waals surface area (Å²) in [5, 5.41) is 12.4. The van der Waals surface area contributed by atoms with Crippen LogP contribution in [0.4, 0.5) is 4.79 Å². The van der Waals surface area contributed by atoms with E-state index in [4.69, 9.17) is 4.74 Å². The predicted octanol–water partition coefficient (Wildman–Crippen LogP) is 5.41. The van der Waals surface area contributed by atoms with Crippen molar-refractivity contribution in [2.45, 2.75) is 98.4 Å². The smallest absolute Gasteiger partial charge is 0.410 e. The van der Waals surface area contributed by atoms with E-state index in [1.807, 2.05) is 58.0 Å². The maximum atomic E-state index is 14.3. The average Bonchev–Trinajstić information content (AvgIpc) is 2.88. The topological polar surface area (TPSA) is 116 Å². The number of carboxylic acids is 1. The summed E-state index contributed by atoms with van der Waals surface area (Å²) in [5.41, 5.74) is -1.65. The van der Waals surface area contributed by atoms with Crippen LogP contribution in [0.3, 0.4) is 0 Å². The molecule has 1 aromatic rings. The fourth-order valence-electron chi connectivity index (χ4n) is 4.79. The van der Waals surface area contributed by atoms with Gasteiger partial charge in [-0.3, -0.25) is 14.5 Å². The molecule has 1 rings (SSSR count). The molecule has 0 spiro atoms. The molecule has 9 heteroatoms. The second-order valence-corrected chi connectivity index (χ2v) is 13.4. The second-order valence-electron chi connectivity index (χ2n) is 13.4. The van der Waals surface area contributed by atoms with Crippen molar-refractivity contribution in [1.82, 2.24) is 15.1 Å². The molecule has 9 nitrogen and oxygen atoms in total. The lowest BCUT2D eigenvalue weighted by Gasteiger charge is -2.42. The Balaban J connectivity index is 3.67. The molecular formula is C33H51N3O6. The normalized spacial score (nSPS) is 14.8. The van der Waals surface area contributed by atoms with Crippen LogP contribution in [0.1, 0.15) is 74.8 Å². The molecule has 0 saturated carbocycles. The Morgan fingerprint density at radius 1 is 0.952 bits per heavy atom. The van der Waals surface area contributed by atoms with Gasteiger partial charge in [-0.2, -0.15) is 0 Å². The minimum atomic E-state index is -1.08. The fraction of sp³-hybridized carbons (Fsp3) is 0.576. The minimum absolute atomic E-state index is 0.112. The predicted molar refractivity (Wildman–Crippen MR) is 166 cm³/mol. The van der Waals surface area contributed by atoms with Crippen molar-refractivity contribution in [1.29, 1.82) is 0 Å². The zero-order valence-corrected chi connectivity index (χ0v) is 27.4. The lowest BCUT2D eigenvalue weighted by Crippen LogP contribution is -2.63. The number of nitrogens with one attached hydrogen (secondary N) is 1. The SMILES string of the molecule is C=CC(C)(C)[C@H](NC(=O)[C@@H](N(C)C(=O)OC(C)(C)C)C(C)(C)c1ccccc1)C(=O)N(C)[C@H](C=C(C)C(=O)O)C(C)C. The summed E-state index contributed by atoms with van der Waals surface area (Å²) in [6.45, 7) is 21.7. The number of hydrogen-bond acceptors (Lipinski definition) is 5. The number of amides is 3. The first kappa shape index (κ1) is 36.4. The van der Waals surface area contributed by atoms with E-state index in [9.17, 15) is 24.3 Å². The summed E-state index contributed by atoms with van der Waals surface area (Å²) in [4.78, 5) is 55.9. The van der Waals surface area contributed by atoms with Gasteiger partial charge in [0, 0.05) is 30.5 Å². The van der Waals surface area contributed by atoms with Crippen LogP contribution < -0.4 is 5.32 Å². The lowest BCUT2D eigenvalue weighted by molar-refractivity contribution is -0.141. The summed E-state index contributed by atoms with van der Waals surface area (Å²) in [6.07, 6.45) is 2.47. The van der Waals surface area contributed by atoms with Gasteiger partial charge < -0.3 is 20.1 Å². The minimum Gasteiger partial charge on any atom is -0.478 e. The molecule has 42 heavy (non-hydrogen) atoms. The first-order valence-corrected chi connectivity index (χ1v) is 14.2. The summed E-state index contributed by atoms with van der Waals surface area (Å²) in [5.74, 6) is -2.15. The molecule has 234 valence electrons. The molecule has 3 atom stereocenters. The Labute approximate surface area is 252 Å². The molecule has 0 heterocycles. The quantitative estimate of drug-likeness (QED) is 0.250. The largest absolute Gasteiger partial charge is 0.478 e. The first-order chi connectivity index (χ1) is 19.1. The number of likely N-dealkylation sites (N-methyl/N-ethyl adjacent to an activating group) is 2. The van der Waals surface area contributed by atoms with Crippen molar-refractivity contribution in [3.05, 3.63) is 60.2 Å². The molecular weight excluding hydrogens is 534 g/mol. The van der Waals surface area contributed by atoms with Crippen molar-refractivity contribution in [3.8, 4) is 0 Å². The maximum absolute atomic E-state index is 14.3. The van der Waals surface area contributed by atoms with Gasteiger partial charge in [0.2, 0.25) is 11.8 Å². The Hall–Kier alpha value is -3.62. The first-order valence-electron chi connectivity index (χ1n) is 14.2. The van der Waals surface area contributed by atoms with Gasteiger partial charge in [0.1, 0.15) is 17.7 Å². The molecule has 0 saturated heterocycles. The standard InChI is InChI=1S/C33H51N3O6/c1-14-32(8,9)25(28(38)35(12)24(21(2)3)20-22(4)29(39)40)34-27(37)26(36(13)30(41)42-31(5,6)7)33(10,11)23-18-16-15-17-19-23/h14-21,24-26H,1H2,2-13H3,(H,34,37)(H,39,40)/t24-,25-,26-/m1/s1. The van der Waals surface area contributed by atoms with Gasteiger partial charge in [0.05, 0.1) is 6.04 Å². The van der Waals surface area contributed by atoms with Crippen LogP contribution in [0, 0.1) is 11.3 Å².